The van der Waals surface area contributed by atoms with E-state index in [0.29, 0.717) is 63.4 Å². The molecule has 0 saturated heterocycles. The molecule has 296 valence electrons. The first kappa shape index (κ1) is 44.9. The van der Waals surface area contributed by atoms with Gasteiger partial charge in [-0.25, -0.2) is 9.59 Å². The number of nitrogens with one attached hydrogen (secondary N) is 1. The highest BCUT2D eigenvalue weighted by Crippen LogP contribution is 2.38. The zero-order valence-corrected chi connectivity index (χ0v) is 31.4. The van der Waals surface area contributed by atoms with Crippen LogP contribution >= 0.6 is 0 Å². The first-order valence-electron chi connectivity index (χ1n) is 18.8. The molecule has 1 saturated carbocycles. The number of rotatable bonds is 27. The summed E-state index contributed by atoms with van der Waals surface area (Å²) in [7, 11) is 1.40. The Hall–Kier alpha value is -4.30. The Labute approximate surface area is 312 Å². The Balaban J connectivity index is 1.71. The second-order valence-electron chi connectivity index (χ2n) is 13.4. The number of benzene rings is 1. The lowest BCUT2D eigenvalue weighted by Crippen LogP contribution is -2.40. The number of Topliss-reactive ketones (excluding diaryl/α,β-unsaturated/α-hetero) is 1. The van der Waals surface area contributed by atoms with Gasteiger partial charge in [0.05, 0.1) is 32.5 Å². The number of esters is 2. The number of ketones is 1. The number of methoxy groups -OCH3 is 1. The molecule has 0 radical (unpaired) electrons. The minimum absolute atomic E-state index is 0.0744. The number of hydrogen-bond donors (Lipinski definition) is 3. The molecular weight excluding hydrogens is 688 g/mol. The van der Waals surface area contributed by atoms with E-state index >= 15 is 0 Å². The van der Waals surface area contributed by atoms with Gasteiger partial charge >= 0.3 is 11.9 Å². The summed E-state index contributed by atoms with van der Waals surface area (Å²) in [6.45, 7) is 3.68. The van der Waals surface area contributed by atoms with Crippen LogP contribution in [0.5, 0.6) is 11.5 Å². The molecule has 5 atom stereocenters. The van der Waals surface area contributed by atoms with Crippen LogP contribution in [0.4, 0.5) is 0 Å². The Morgan fingerprint density at radius 2 is 1.68 bits per heavy atom. The summed E-state index contributed by atoms with van der Waals surface area (Å²) < 4.78 is 15.8. The van der Waals surface area contributed by atoms with Crippen LogP contribution in [0.1, 0.15) is 116 Å². The first-order chi connectivity index (χ1) is 25.4. The van der Waals surface area contributed by atoms with E-state index in [-0.39, 0.29) is 54.7 Å². The normalized spacial score (nSPS) is 18.9. The van der Waals surface area contributed by atoms with Crippen molar-refractivity contribution < 1.29 is 53.5 Å². The quantitative estimate of drug-likeness (QED) is 0.0185. The van der Waals surface area contributed by atoms with Gasteiger partial charge < -0.3 is 34.6 Å². The lowest BCUT2D eigenvalue weighted by molar-refractivity contribution is -0.757. The van der Waals surface area contributed by atoms with Gasteiger partial charge in [0, 0.05) is 25.3 Å². The fraction of sp³-hybridized carbons (Fsp3) is 0.641. The number of amides is 1. The molecule has 1 amide bonds. The van der Waals surface area contributed by atoms with Gasteiger partial charge in [-0.05, 0) is 93.9 Å². The summed E-state index contributed by atoms with van der Waals surface area (Å²) in [5, 5.41) is 33.0. The minimum Gasteiger partial charge on any atom is -0.493 e. The summed E-state index contributed by atoms with van der Waals surface area (Å²) in [6.07, 6.45) is 15.5. The lowest BCUT2D eigenvalue weighted by atomic mass is 9.86. The average Bonchev–Trinajstić information content (AvgIpc) is 3.39. The van der Waals surface area contributed by atoms with Crippen LogP contribution in [0.3, 0.4) is 0 Å². The van der Waals surface area contributed by atoms with Crippen LogP contribution < -0.4 is 14.8 Å². The van der Waals surface area contributed by atoms with Gasteiger partial charge in [-0.15, -0.1) is 10.1 Å². The van der Waals surface area contributed by atoms with Crippen molar-refractivity contribution in [3.05, 3.63) is 52.1 Å². The molecular formula is C39H58N2O12. The van der Waals surface area contributed by atoms with E-state index in [0.717, 1.165) is 19.3 Å². The monoisotopic (exact) mass is 746 g/mol. The Morgan fingerprint density at radius 1 is 0.943 bits per heavy atom. The molecule has 1 aliphatic carbocycles. The standard InChI is InChI=1S/C39H58N2O12/c1-4-5-6-7-10-15-30(42)20-21-32-31(33(43)27-34(32)44)16-11-8-9-12-17-37(45)40-28(2)39(47)53-35-22-18-29(26-36(35)50-3)19-23-38(46)51-24-13-14-25-52-41(48)49/h8,11,18-19,22-23,26,28,31-34,43-44H,4-7,9-10,12-17,20-21,24-25,27H2,1-3H3,(H,40,45)/b11-8-,23-19+/t28?,31-,32-,33+,34-/m1/s1. The van der Waals surface area contributed by atoms with E-state index in [1.807, 2.05) is 12.2 Å². The third kappa shape index (κ3) is 18.3. The molecule has 0 aliphatic heterocycles. The van der Waals surface area contributed by atoms with Crippen LogP contribution in [-0.4, -0.2) is 77.5 Å². The highest BCUT2D eigenvalue weighted by Gasteiger charge is 2.40. The molecule has 0 bridgehead atoms. The van der Waals surface area contributed by atoms with Crippen molar-refractivity contribution in [3.63, 3.8) is 0 Å². The van der Waals surface area contributed by atoms with Gasteiger partial charge in [-0.1, -0.05) is 50.8 Å². The van der Waals surface area contributed by atoms with Crippen LogP contribution in [0.2, 0.25) is 0 Å². The molecule has 0 aromatic heterocycles. The van der Waals surface area contributed by atoms with E-state index in [1.165, 1.54) is 45.1 Å². The smallest absolute Gasteiger partial charge is 0.333 e. The predicted octanol–water partition coefficient (Wildman–Crippen LogP) is 5.83. The summed E-state index contributed by atoms with van der Waals surface area (Å²) in [6, 6.07) is 3.74. The zero-order valence-electron chi connectivity index (χ0n) is 31.4. The number of carbonyl (C=O) groups is 4. The summed E-state index contributed by atoms with van der Waals surface area (Å²) >= 11 is 0. The van der Waals surface area contributed by atoms with Gasteiger partial charge in [-0.2, -0.15) is 0 Å². The maximum absolute atomic E-state index is 12.7. The highest BCUT2D eigenvalue weighted by molar-refractivity contribution is 5.87. The maximum Gasteiger partial charge on any atom is 0.333 e. The molecule has 1 aromatic rings. The van der Waals surface area contributed by atoms with Gasteiger partial charge in [0.15, 0.2) is 11.5 Å². The van der Waals surface area contributed by atoms with Gasteiger partial charge in [0.25, 0.3) is 5.09 Å². The number of nitrogens with zero attached hydrogens (tertiary/aromatic N) is 1. The molecule has 53 heavy (non-hydrogen) atoms. The molecule has 0 heterocycles. The molecule has 14 heteroatoms. The van der Waals surface area contributed by atoms with Crippen molar-refractivity contribution in [2.45, 2.75) is 128 Å². The van der Waals surface area contributed by atoms with E-state index < -0.39 is 35.3 Å². The Bertz CT molecular complexity index is 1360. The summed E-state index contributed by atoms with van der Waals surface area (Å²) in [5.41, 5.74) is 0.570. The number of hydrogen-bond acceptors (Lipinski definition) is 12. The molecule has 1 aromatic carbocycles. The van der Waals surface area contributed by atoms with Gasteiger partial charge in [-0.3, -0.25) is 9.59 Å². The fourth-order valence-corrected chi connectivity index (χ4v) is 6.21. The molecule has 0 spiro atoms. The van der Waals surface area contributed by atoms with Crippen molar-refractivity contribution in [1.29, 1.82) is 0 Å². The Morgan fingerprint density at radius 3 is 2.42 bits per heavy atom. The molecule has 1 aliphatic rings. The number of unbranched alkanes of at least 4 members (excludes halogenated alkanes) is 6. The highest BCUT2D eigenvalue weighted by atomic mass is 16.9. The third-order valence-electron chi connectivity index (χ3n) is 9.21. The second-order valence-corrected chi connectivity index (χ2v) is 13.4. The van der Waals surface area contributed by atoms with Crippen molar-refractivity contribution >= 4 is 29.7 Å². The van der Waals surface area contributed by atoms with Crippen LogP contribution in [-0.2, 0) is 28.8 Å². The van der Waals surface area contributed by atoms with Gasteiger partial charge in [0.2, 0.25) is 5.91 Å². The van der Waals surface area contributed by atoms with Crippen molar-refractivity contribution in [2.75, 3.05) is 20.3 Å². The van der Waals surface area contributed by atoms with Crippen molar-refractivity contribution in [3.8, 4) is 11.5 Å². The lowest BCUT2D eigenvalue weighted by Gasteiger charge is -2.22. The average molecular weight is 747 g/mol. The number of aliphatic hydroxyl groups excluding tert-OH is 2. The predicted molar refractivity (Wildman–Crippen MR) is 197 cm³/mol. The zero-order chi connectivity index (χ0) is 39.0. The van der Waals surface area contributed by atoms with Crippen molar-refractivity contribution in [1.82, 2.24) is 5.32 Å². The summed E-state index contributed by atoms with van der Waals surface area (Å²) in [4.78, 5) is 63.9. The number of carbonyl (C=O) groups excluding carboxylic acids is 4. The third-order valence-corrected chi connectivity index (χ3v) is 9.21. The number of ether oxygens (including phenoxy) is 3. The van der Waals surface area contributed by atoms with Crippen LogP contribution in [0.15, 0.2) is 36.4 Å². The molecule has 3 N–H and O–H groups in total. The van der Waals surface area contributed by atoms with E-state index in [1.54, 1.807) is 12.1 Å². The summed E-state index contributed by atoms with van der Waals surface area (Å²) in [5.74, 6) is -1.24. The van der Waals surface area contributed by atoms with Crippen LogP contribution in [0.25, 0.3) is 6.08 Å². The molecule has 2 rings (SSSR count). The van der Waals surface area contributed by atoms with E-state index in [2.05, 4.69) is 17.1 Å². The molecule has 1 fully saturated rings. The SMILES string of the molecule is CCCCCCCC(=O)CC[C@@H]1[C@@H](C/C=C\CCCC(=O)NC(C)C(=O)Oc2ccc(/C=C/C(=O)OCCCCO[N+](=O)[O-])cc2OC)[C@@H](O)C[C@H]1O. The van der Waals surface area contributed by atoms with Crippen molar-refractivity contribution in [2.24, 2.45) is 11.8 Å². The second kappa shape index (κ2) is 25.6. The Kier molecular flexibility index (Phi) is 21.7. The minimum atomic E-state index is -0.927. The first-order valence-corrected chi connectivity index (χ1v) is 18.8. The van der Waals surface area contributed by atoms with E-state index in [4.69, 9.17) is 14.2 Å². The van der Waals surface area contributed by atoms with Crippen LogP contribution in [0, 0.1) is 22.0 Å². The number of allylic oxidation sites excluding steroid dienone is 2. The van der Waals surface area contributed by atoms with E-state index in [9.17, 15) is 39.5 Å². The fourth-order valence-electron chi connectivity index (χ4n) is 6.21. The molecule has 14 nitrogen and oxygen atoms in total. The maximum atomic E-state index is 12.7. The largest absolute Gasteiger partial charge is 0.493 e. The van der Waals surface area contributed by atoms with Gasteiger partial charge in [0.1, 0.15) is 11.8 Å². The topological polar surface area (TPSA) is 201 Å². The number of aliphatic hydroxyl groups is 2. The molecule has 1 unspecified atom stereocenters.